The Labute approximate surface area is 442 Å². The van der Waals surface area contributed by atoms with Gasteiger partial charge in [-0.2, -0.15) is 5.48 Å². The number of rotatable bonds is 25. The molecule has 0 atom stereocenters. The van der Waals surface area contributed by atoms with E-state index in [-0.39, 0.29) is 6.42 Å². The van der Waals surface area contributed by atoms with Crippen LogP contribution in [0.4, 0.5) is 9.59 Å². The molecule has 372 valence electrons. The molecule has 76 heavy (non-hydrogen) atoms. The third-order valence-electron chi connectivity index (χ3n) is 7.85. The van der Waals surface area contributed by atoms with E-state index in [2.05, 4.69) is 241 Å². The number of terminal acetylenes is 2. The Morgan fingerprint density at radius 1 is 0.368 bits per heavy atom. The SMILES string of the molecule is C#CC#CC#CC#CC#CC#CC#CC#CC#COC(=O)NCCCCCCNC(=O)C(NCCCCCNOC(=O)C[CH2-])C(=O)NCCCCCCNC(=O)OC#CC#CC#CC#CC#CC#CC#CC#CC#C.[Rf]. The van der Waals surface area contributed by atoms with Crippen LogP contribution in [0.1, 0.15) is 77.0 Å². The van der Waals surface area contributed by atoms with Crippen molar-refractivity contribution in [2.75, 3.05) is 39.3 Å². The Morgan fingerprint density at radius 3 is 0.974 bits per heavy atom. The molecule has 0 aliphatic rings. The maximum absolute atomic E-state index is 13.1. The zero-order valence-electron chi connectivity index (χ0n) is 41.6. The summed E-state index contributed by atoms with van der Waals surface area (Å²) in [5.74, 6) is 75.9. The Kier molecular flexibility index (Phi) is 46.8. The van der Waals surface area contributed by atoms with E-state index in [0.717, 1.165) is 32.1 Å². The predicted molar refractivity (Wildman–Crippen MR) is 284 cm³/mol. The number of hydrogen-bond donors (Lipinski definition) is 6. The van der Waals surface area contributed by atoms with Crippen molar-refractivity contribution in [1.29, 1.82) is 0 Å². The van der Waals surface area contributed by atoms with Gasteiger partial charge in [-0.1, -0.05) is 38.5 Å². The van der Waals surface area contributed by atoms with Crippen LogP contribution in [-0.2, 0) is 28.7 Å². The molecular weight excluding hydrogens is 1210 g/mol. The summed E-state index contributed by atoms with van der Waals surface area (Å²) in [7, 11) is 0. The van der Waals surface area contributed by atoms with E-state index >= 15 is 0 Å². The topological polar surface area (TPSA) is 185 Å². The molecule has 0 unspecified atom stereocenters. The van der Waals surface area contributed by atoms with E-state index in [9.17, 15) is 24.0 Å². The van der Waals surface area contributed by atoms with E-state index in [0.29, 0.717) is 77.8 Å². The molecule has 0 heterocycles. The van der Waals surface area contributed by atoms with Crippen molar-refractivity contribution in [3.05, 3.63) is 6.92 Å². The number of unbranched alkanes of at least 4 members (excludes halogenated alkanes) is 8. The first-order chi connectivity index (χ1) is 36.8. The molecule has 6 N–H and O–H groups in total. The molecule has 4 amide bonds. The van der Waals surface area contributed by atoms with Gasteiger partial charge in [0, 0.05) is 127 Å². The number of carbonyl (C=O) groups excluding carboxylic acids is 5. The van der Waals surface area contributed by atoms with Crippen LogP contribution in [0.5, 0.6) is 0 Å². The van der Waals surface area contributed by atoms with Gasteiger partial charge in [-0.15, -0.1) is 12.8 Å². The summed E-state index contributed by atoms with van der Waals surface area (Å²) in [6.07, 6.45) is 20.6. The molecule has 0 aromatic rings. The summed E-state index contributed by atoms with van der Waals surface area (Å²) >= 11 is 0. The zero-order valence-corrected chi connectivity index (χ0v) is 48.0. The third kappa shape index (κ3) is 48.4. The van der Waals surface area contributed by atoms with Gasteiger partial charge in [-0.25, -0.2) is 9.59 Å². The number of ether oxygens (including phenoxy) is 2. The fraction of sp³-hybridized carbons (Fsp3) is 0.311. The first-order valence-corrected chi connectivity index (χ1v) is 22.7. The Balaban J connectivity index is 0. The third-order valence-corrected chi connectivity index (χ3v) is 7.85. The van der Waals surface area contributed by atoms with Gasteiger partial charge in [0.2, 0.25) is 11.8 Å². The van der Waals surface area contributed by atoms with Gasteiger partial charge in [0.05, 0.1) is 0 Å². The van der Waals surface area contributed by atoms with Crippen molar-refractivity contribution in [1.82, 2.24) is 32.1 Å². The van der Waals surface area contributed by atoms with Gasteiger partial charge < -0.3 is 42.5 Å². The van der Waals surface area contributed by atoms with Gasteiger partial charge in [0.1, 0.15) is 12.2 Å². The van der Waals surface area contributed by atoms with Crippen LogP contribution in [-0.4, -0.2) is 75.3 Å². The summed E-state index contributed by atoms with van der Waals surface area (Å²) in [5.41, 5.74) is 2.59. The van der Waals surface area contributed by atoms with Crippen molar-refractivity contribution >= 4 is 30.0 Å². The van der Waals surface area contributed by atoms with Crippen LogP contribution in [0, 0.1) is 221 Å². The average Bonchev–Trinajstić information content (AvgIpc) is 3.41. The van der Waals surface area contributed by atoms with Gasteiger partial charge in [-0.3, -0.25) is 19.7 Å². The molecule has 0 saturated carbocycles. The minimum atomic E-state index is -1.11. The normalized spacial score (nSPS) is 7.42. The minimum absolute atomic E-state index is 0. The predicted octanol–water partition coefficient (Wildman–Crippen LogP) is 1.43. The van der Waals surface area contributed by atoms with Gasteiger partial charge in [-0.05, 0) is 140 Å². The molecule has 14 nitrogen and oxygen atoms in total. The largest absolute Gasteiger partial charge is 0.421 e. The van der Waals surface area contributed by atoms with Gasteiger partial charge >= 0.3 is 12.2 Å². The molecule has 0 aliphatic carbocycles. The zero-order chi connectivity index (χ0) is 54.6. The number of hydrogen-bond acceptors (Lipinski definition) is 10. The van der Waals surface area contributed by atoms with Gasteiger partial charge in [0.25, 0.3) is 5.97 Å². The summed E-state index contributed by atoms with van der Waals surface area (Å²) in [6.45, 7) is 5.72. The first-order valence-electron chi connectivity index (χ1n) is 22.7. The van der Waals surface area contributed by atoms with Crippen molar-refractivity contribution in [2.24, 2.45) is 0 Å². The number of carbonyl (C=O) groups is 5. The fourth-order valence-electron chi connectivity index (χ4n) is 4.60. The fourth-order valence-corrected chi connectivity index (χ4v) is 4.60. The number of alkyl carbamates (subject to hydrolysis) is 2. The summed E-state index contributed by atoms with van der Waals surface area (Å²) < 4.78 is 9.50. The van der Waals surface area contributed by atoms with Gasteiger partial charge in [0.15, 0.2) is 6.04 Å². The van der Waals surface area contributed by atoms with E-state index in [1.165, 1.54) is 0 Å². The summed E-state index contributed by atoms with van der Waals surface area (Å²) in [5, 5.41) is 13.9. The Bertz CT molecular complexity index is 2960. The molecule has 0 radical (unpaired) electrons. The standard InChI is InChI=1S/C61H47N6O8.Rf/c1-4-7-9-11-13-15-17-19-21-23-25-27-29-31-37-46-54-73-60(71)65-51-42-35-33-40-49-63-58(69)57(62-48-44-39-45-53-67-75-56(68)6-3)59(70)64-50-41-34-36-43-52-66-61(72)74-55-47-38-32-30-28-26-24-22-20-18-16-14-12-10-8-5-2;/h1-2,57,62,67H,3,6,33-36,39-45,48-53H2,(H,63,69)(H,64,70)(H,65,71)(H,66,72);/q-1;. The molecule has 0 aromatic heterocycles. The van der Waals surface area contributed by atoms with E-state index in [1.807, 2.05) is 0 Å². The van der Waals surface area contributed by atoms with Crippen LogP contribution in [0.2, 0.25) is 0 Å². The molecule has 15 heteroatoms. The summed E-state index contributed by atoms with van der Waals surface area (Å²) in [6, 6.07) is -1.11. The Hall–Kier alpha value is -12.1. The van der Waals surface area contributed by atoms with E-state index in [4.69, 9.17) is 27.2 Å². The number of amides is 4. The summed E-state index contributed by atoms with van der Waals surface area (Å²) in [4.78, 5) is 66.0. The number of nitrogens with one attached hydrogen (secondary N) is 6. The maximum Gasteiger partial charge on any atom is 0.421 e. The van der Waals surface area contributed by atoms with Crippen LogP contribution in [0.15, 0.2) is 0 Å². The second-order valence-corrected chi connectivity index (χ2v) is 13.4. The molecule has 0 spiro atoms. The van der Waals surface area contributed by atoms with Crippen LogP contribution < -0.4 is 32.1 Å². The molecule has 0 aliphatic heterocycles. The quantitative estimate of drug-likeness (QED) is 0.0195. The molecule has 0 rings (SSSR count). The van der Waals surface area contributed by atoms with E-state index < -0.39 is 36.0 Å². The first kappa shape index (κ1) is 66.0. The number of hydroxylamine groups is 1. The maximum atomic E-state index is 13.1. The van der Waals surface area contributed by atoms with Crippen LogP contribution >= 0.6 is 0 Å². The van der Waals surface area contributed by atoms with Crippen LogP contribution in [0.25, 0.3) is 0 Å². The molecular formula is C61H47N6O8Rf-. The van der Waals surface area contributed by atoms with Crippen LogP contribution in [0.3, 0.4) is 0 Å². The molecule has 0 saturated heterocycles. The van der Waals surface area contributed by atoms with Crippen molar-refractivity contribution in [3.63, 3.8) is 0 Å². The molecule has 0 aromatic carbocycles. The molecule has 0 fully saturated rings. The van der Waals surface area contributed by atoms with Crippen molar-refractivity contribution in [3.8, 4) is 215 Å². The smallest absolute Gasteiger partial charge is 0.374 e. The van der Waals surface area contributed by atoms with E-state index in [1.54, 1.807) is 0 Å². The second kappa shape index (κ2) is 53.9. The van der Waals surface area contributed by atoms with Crippen molar-refractivity contribution in [2.45, 2.75) is 83.1 Å². The molecule has 0 bridgehead atoms. The second-order valence-electron chi connectivity index (χ2n) is 13.4. The average molecular weight is 1260 g/mol. The minimum Gasteiger partial charge on any atom is -0.374 e. The Morgan fingerprint density at radius 2 is 0.645 bits per heavy atom. The monoisotopic (exact) mass is 1260 g/mol. The van der Waals surface area contributed by atoms with Crippen molar-refractivity contribution < 1.29 is 38.3 Å².